The van der Waals surface area contributed by atoms with E-state index in [1.165, 1.54) is 51.4 Å². The quantitative estimate of drug-likeness (QED) is 0.804. The van der Waals surface area contributed by atoms with Crippen LogP contribution in [-0.4, -0.2) is 24.8 Å². The lowest BCUT2D eigenvalue weighted by Crippen LogP contribution is -2.48. The van der Waals surface area contributed by atoms with Gasteiger partial charge in [0.25, 0.3) is 0 Å². The molecular formula is C19H35NO. The standard InChI is InChI=1S/C19H35NO/c1-5-12-20-15-8-6-7-9-16(15)21-17-13-14-10-11-19(17,4)18(14,2)3/h14-17,20H,5-13H2,1-4H3. The molecule has 3 rings (SSSR count). The van der Waals surface area contributed by atoms with Crippen molar-refractivity contribution in [2.24, 2.45) is 16.7 Å². The minimum atomic E-state index is 0.407. The topological polar surface area (TPSA) is 21.3 Å². The van der Waals surface area contributed by atoms with E-state index in [0.29, 0.717) is 29.1 Å². The minimum Gasteiger partial charge on any atom is -0.373 e. The van der Waals surface area contributed by atoms with Gasteiger partial charge in [0.1, 0.15) is 0 Å². The maximum atomic E-state index is 6.77. The number of nitrogens with one attached hydrogen (secondary N) is 1. The second kappa shape index (κ2) is 5.85. The highest BCUT2D eigenvalue weighted by Gasteiger charge is 2.62. The van der Waals surface area contributed by atoms with Gasteiger partial charge in [0, 0.05) is 6.04 Å². The SMILES string of the molecule is CCCNC1CCCCC1OC1CC2CCC1(C)C2(C)C. The van der Waals surface area contributed by atoms with Gasteiger partial charge < -0.3 is 10.1 Å². The second-order valence-corrected chi connectivity index (χ2v) is 8.62. The molecule has 2 nitrogen and oxygen atoms in total. The molecule has 21 heavy (non-hydrogen) atoms. The van der Waals surface area contributed by atoms with Gasteiger partial charge in [-0.05, 0) is 61.8 Å². The molecular weight excluding hydrogens is 258 g/mol. The van der Waals surface area contributed by atoms with E-state index in [4.69, 9.17) is 4.74 Å². The number of rotatable bonds is 5. The molecule has 0 aromatic carbocycles. The first kappa shape index (κ1) is 15.8. The highest BCUT2D eigenvalue weighted by atomic mass is 16.5. The molecule has 1 N–H and O–H groups in total. The zero-order valence-electron chi connectivity index (χ0n) is 14.6. The summed E-state index contributed by atoms with van der Waals surface area (Å²) in [5.74, 6) is 0.887. The minimum absolute atomic E-state index is 0.407. The summed E-state index contributed by atoms with van der Waals surface area (Å²) in [5, 5.41) is 3.75. The maximum absolute atomic E-state index is 6.77. The van der Waals surface area contributed by atoms with Crippen molar-refractivity contribution in [2.45, 2.75) is 97.3 Å². The lowest BCUT2D eigenvalue weighted by Gasteiger charge is -2.42. The lowest BCUT2D eigenvalue weighted by molar-refractivity contribution is -0.106. The van der Waals surface area contributed by atoms with Crippen molar-refractivity contribution in [3.63, 3.8) is 0 Å². The predicted octanol–water partition coefficient (Wildman–Crippen LogP) is 4.53. The Kier molecular flexibility index (Phi) is 4.40. The number of fused-ring (bicyclic) bond motifs is 2. The number of hydrogen-bond acceptors (Lipinski definition) is 2. The predicted molar refractivity (Wildman–Crippen MR) is 88.4 cm³/mol. The van der Waals surface area contributed by atoms with Gasteiger partial charge in [0.05, 0.1) is 12.2 Å². The largest absolute Gasteiger partial charge is 0.373 e. The molecule has 0 spiro atoms. The summed E-state index contributed by atoms with van der Waals surface area (Å²) < 4.78 is 6.77. The van der Waals surface area contributed by atoms with Gasteiger partial charge in [0.15, 0.2) is 0 Å². The first-order valence-electron chi connectivity index (χ1n) is 9.38. The first-order chi connectivity index (χ1) is 9.99. The van der Waals surface area contributed by atoms with Crippen LogP contribution in [0.1, 0.15) is 79.1 Å². The molecule has 2 heteroatoms. The zero-order chi connectivity index (χ0) is 15.1. The van der Waals surface area contributed by atoms with Gasteiger partial charge in [-0.1, -0.05) is 40.5 Å². The Labute approximate surface area is 131 Å². The van der Waals surface area contributed by atoms with Gasteiger partial charge in [-0.2, -0.15) is 0 Å². The van der Waals surface area contributed by atoms with Crippen molar-refractivity contribution >= 4 is 0 Å². The molecule has 0 radical (unpaired) electrons. The Hall–Kier alpha value is -0.0800. The van der Waals surface area contributed by atoms with Crippen LogP contribution in [0.25, 0.3) is 0 Å². The van der Waals surface area contributed by atoms with Crippen LogP contribution in [0, 0.1) is 16.7 Å². The maximum Gasteiger partial charge on any atom is 0.0732 e. The van der Waals surface area contributed by atoms with Crippen molar-refractivity contribution < 1.29 is 4.74 Å². The molecule has 0 aliphatic heterocycles. The van der Waals surface area contributed by atoms with E-state index < -0.39 is 0 Å². The smallest absolute Gasteiger partial charge is 0.0732 e. The third-order valence-corrected chi connectivity index (χ3v) is 7.41. The van der Waals surface area contributed by atoms with Crippen LogP contribution >= 0.6 is 0 Å². The van der Waals surface area contributed by atoms with E-state index in [1.807, 2.05) is 0 Å². The van der Waals surface area contributed by atoms with Crippen LogP contribution in [0.4, 0.5) is 0 Å². The average Bonchev–Trinajstić information content (AvgIpc) is 2.79. The molecule has 0 aromatic heterocycles. The summed E-state index contributed by atoms with van der Waals surface area (Å²) in [7, 11) is 0. The van der Waals surface area contributed by atoms with Gasteiger partial charge in [-0.3, -0.25) is 0 Å². The summed E-state index contributed by atoms with van der Waals surface area (Å²) in [6, 6.07) is 0.601. The number of ether oxygens (including phenoxy) is 1. The molecule has 0 amide bonds. The second-order valence-electron chi connectivity index (χ2n) is 8.62. The fourth-order valence-corrected chi connectivity index (χ4v) is 5.37. The molecule has 5 unspecified atom stereocenters. The lowest BCUT2D eigenvalue weighted by atomic mass is 9.70. The normalized spacial score (nSPS) is 45.1. The Morgan fingerprint density at radius 1 is 1.10 bits per heavy atom. The van der Waals surface area contributed by atoms with E-state index in [9.17, 15) is 0 Å². The van der Waals surface area contributed by atoms with Gasteiger partial charge in [-0.15, -0.1) is 0 Å². The third-order valence-electron chi connectivity index (χ3n) is 7.41. The Balaban J connectivity index is 1.65. The molecule has 2 bridgehead atoms. The van der Waals surface area contributed by atoms with Crippen molar-refractivity contribution in [3.8, 4) is 0 Å². The summed E-state index contributed by atoms with van der Waals surface area (Å²) in [4.78, 5) is 0. The van der Waals surface area contributed by atoms with Crippen molar-refractivity contribution in [1.29, 1.82) is 0 Å². The fraction of sp³-hybridized carbons (Fsp3) is 1.00. The van der Waals surface area contributed by atoms with E-state index >= 15 is 0 Å². The Morgan fingerprint density at radius 2 is 1.86 bits per heavy atom. The zero-order valence-corrected chi connectivity index (χ0v) is 14.6. The van der Waals surface area contributed by atoms with Crippen molar-refractivity contribution in [2.75, 3.05) is 6.54 Å². The summed E-state index contributed by atoms with van der Waals surface area (Å²) >= 11 is 0. The Bertz CT molecular complexity index is 367. The van der Waals surface area contributed by atoms with Crippen LogP contribution < -0.4 is 5.32 Å². The van der Waals surface area contributed by atoms with Crippen molar-refractivity contribution in [1.82, 2.24) is 5.32 Å². The van der Waals surface area contributed by atoms with E-state index in [2.05, 4.69) is 33.0 Å². The highest BCUT2D eigenvalue weighted by Crippen LogP contribution is 2.66. The molecule has 3 aliphatic rings. The van der Waals surface area contributed by atoms with Gasteiger partial charge >= 0.3 is 0 Å². The van der Waals surface area contributed by atoms with Crippen LogP contribution in [0.3, 0.4) is 0 Å². The molecule has 0 saturated heterocycles. The van der Waals surface area contributed by atoms with Crippen LogP contribution in [-0.2, 0) is 4.74 Å². The van der Waals surface area contributed by atoms with E-state index in [0.717, 1.165) is 12.5 Å². The van der Waals surface area contributed by atoms with Crippen LogP contribution in [0.5, 0.6) is 0 Å². The van der Waals surface area contributed by atoms with E-state index in [1.54, 1.807) is 0 Å². The number of hydrogen-bond donors (Lipinski definition) is 1. The van der Waals surface area contributed by atoms with E-state index in [-0.39, 0.29) is 0 Å². The van der Waals surface area contributed by atoms with Gasteiger partial charge in [0.2, 0.25) is 0 Å². The van der Waals surface area contributed by atoms with Gasteiger partial charge in [-0.25, -0.2) is 0 Å². The molecule has 0 aromatic rings. The van der Waals surface area contributed by atoms with Crippen LogP contribution in [0.2, 0.25) is 0 Å². The van der Waals surface area contributed by atoms with Crippen LogP contribution in [0.15, 0.2) is 0 Å². The fourth-order valence-electron chi connectivity index (χ4n) is 5.37. The average molecular weight is 293 g/mol. The Morgan fingerprint density at radius 3 is 2.48 bits per heavy atom. The highest BCUT2D eigenvalue weighted by molar-refractivity contribution is 5.11. The molecule has 0 heterocycles. The molecule has 3 fully saturated rings. The molecule has 5 atom stereocenters. The molecule has 3 saturated carbocycles. The molecule has 3 aliphatic carbocycles. The summed E-state index contributed by atoms with van der Waals surface area (Å²) in [6.07, 6.45) is 11.6. The van der Waals surface area contributed by atoms with Crippen molar-refractivity contribution in [3.05, 3.63) is 0 Å². The monoisotopic (exact) mass is 293 g/mol. The molecule has 122 valence electrons. The third kappa shape index (κ3) is 2.57. The first-order valence-corrected chi connectivity index (χ1v) is 9.38. The summed E-state index contributed by atoms with van der Waals surface area (Å²) in [5.41, 5.74) is 0.878. The summed E-state index contributed by atoms with van der Waals surface area (Å²) in [6.45, 7) is 10.9.